The van der Waals surface area contributed by atoms with E-state index in [0.29, 0.717) is 6.54 Å². The Labute approximate surface area is 185 Å². The van der Waals surface area contributed by atoms with Gasteiger partial charge in [0.25, 0.3) is 0 Å². The Hall–Kier alpha value is 0.390. The summed E-state index contributed by atoms with van der Waals surface area (Å²) in [6, 6.07) is -0.809. The van der Waals surface area contributed by atoms with Crippen LogP contribution in [-0.4, -0.2) is 35.4 Å². The van der Waals surface area contributed by atoms with Gasteiger partial charge in [0, 0.05) is 0 Å². The number of aliphatic carboxylic acids is 1. The minimum Gasteiger partial charge on any atom is -1.00 e. The van der Waals surface area contributed by atoms with Crippen molar-refractivity contribution in [1.29, 1.82) is 0 Å². The van der Waals surface area contributed by atoms with Gasteiger partial charge in [0.1, 0.15) is 6.04 Å². The van der Waals surface area contributed by atoms with E-state index in [2.05, 4.69) is 12.2 Å². The third kappa shape index (κ3) is 20.7. The van der Waals surface area contributed by atoms with Gasteiger partial charge in [-0.05, 0) is 13.0 Å². The zero-order chi connectivity index (χ0) is 18.6. The second-order valence-corrected chi connectivity index (χ2v) is 7.33. The largest absolute Gasteiger partial charge is 1.00 e. The summed E-state index contributed by atoms with van der Waals surface area (Å²) in [7, 11) is 0. The Kier molecular flexibility index (Phi) is 25.8. The molecule has 26 heavy (non-hydrogen) atoms. The number of rotatable bonds is 20. The molecule has 0 rings (SSSR count). The maximum Gasteiger partial charge on any atom is 1.00 e. The number of unbranched alkanes of at least 4 members (excludes halogenated alkanes) is 15. The van der Waals surface area contributed by atoms with Crippen LogP contribution in [0.15, 0.2) is 0 Å². The topological polar surface area (TPSA) is 69.6 Å². The van der Waals surface area contributed by atoms with Crippen molar-refractivity contribution < 1.29 is 46.0 Å². The van der Waals surface area contributed by atoms with Gasteiger partial charge >= 0.3 is 35.5 Å². The summed E-state index contributed by atoms with van der Waals surface area (Å²) in [5.74, 6) is -0.973. The van der Waals surface area contributed by atoms with E-state index in [4.69, 9.17) is 10.2 Å². The maximum atomic E-state index is 10.7. The van der Waals surface area contributed by atoms with Gasteiger partial charge in [-0.1, -0.05) is 103 Å². The zero-order valence-electron chi connectivity index (χ0n) is 18.6. The predicted octanol–water partition coefficient (Wildman–Crippen LogP) is 2.40. The molecule has 4 nitrogen and oxygen atoms in total. The number of hydrogen-bond donors (Lipinski definition) is 3. The standard InChI is InChI=1S/C21H43NO3.Na.H/c1-2-3-4-5-6-7-8-9-10-11-12-13-14-15-16-17-18-22-20(19-23)21(24)25;;/h20,22-23H,2-19H2,1H3,(H,24,25);;/q;+1;-1/t20-;;/m0../s1. The molecule has 1 atom stereocenters. The van der Waals surface area contributed by atoms with Crippen molar-refractivity contribution in [2.45, 2.75) is 116 Å². The fourth-order valence-electron chi connectivity index (χ4n) is 3.18. The SMILES string of the molecule is CCCCCCCCCCCCCCCCCCN[C@@H](CO)C(=O)O.[H-].[Na+]. The number of aliphatic hydroxyl groups excluding tert-OH is 1. The molecule has 0 aliphatic carbocycles. The summed E-state index contributed by atoms with van der Waals surface area (Å²) in [6.07, 6.45) is 21.4. The quantitative estimate of drug-likeness (QED) is 0.224. The summed E-state index contributed by atoms with van der Waals surface area (Å²) in [5.41, 5.74) is 0. The van der Waals surface area contributed by atoms with Gasteiger partial charge in [0.05, 0.1) is 6.61 Å². The number of carboxylic acid groups (broad SMARTS) is 1. The van der Waals surface area contributed by atoms with Gasteiger partial charge in [-0.3, -0.25) is 4.79 Å². The van der Waals surface area contributed by atoms with Crippen LogP contribution in [0.3, 0.4) is 0 Å². The number of hydrogen-bond acceptors (Lipinski definition) is 3. The average molecular weight is 382 g/mol. The van der Waals surface area contributed by atoms with Crippen LogP contribution >= 0.6 is 0 Å². The third-order valence-electron chi connectivity index (χ3n) is 4.90. The van der Waals surface area contributed by atoms with E-state index in [-0.39, 0.29) is 37.6 Å². The molecule has 0 bridgehead atoms. The van der Waals surface area contributed by atoms with Crippen molar-refractivity contribution in [3.63, 3.8) is 0 Å². The molecule has 0 spiro atoms. The molecule has 0 aromatic rings. The third-order valence-corrected chi connectivity index (χ3v) is 4.90. The minimum absolute atomic E-state index is 0. The molecule has 0 aliphatic rings. The van der Waals surface area contributed by atoms with Crippen molar-refractivity contribution in [2.24, 2.45) is 0 Å². The molecule has 5 heteroatoms. The molecule has 0 aliphatic heterocycles. The summed E-state index contributed by atoms with van der Waals surface area (Å²) in [4.78, 5) is 10.7. The van der Waals surface area contributed by atoms with Crippen LogP contribution in [0.1, 0.15) is 111 Å². The first-order valence-corrected chi connectivity index (χ1v) is 10.8. The van der Waals surface area contributed by atoms with E-state index in [9.17, 15) is 4.79 Å². The Morgan fingerprint density at radius 3 is 1.42 bits per heavy atom. The van der Waals surface area contributed by atoms with Crippen LogP contribution in [-0.2, 0) is 4.79 Å². The molecule has 0 amide bonds. The Bertz CT molecular complexity index is 297. The van der Waals surface area contributed by atoms with Gasteiger partial charge in [0.2, 0.25) is 0 Å². The Balaban J connectivity index is -0.00000288. The number of aliphatic hydroxyl groups is 1. The monoisotopic (exact) mass is 381 g/mol. The summed E-state index contributed by atoms with van der Waals surface area (Å²) < 4.78 is 0. The molecule has 0 fully saturated rings. The zero-order valence-corrected chi connectivity index (χ0v) is 19.6. The molecule has 0 heterocycles. The van der Waals surface area contributed by atoms with Gasteiger partial charge in [-0.25, -0.2) is 0 Å². The number of carboxylic acids is 1. The molecule has 0 aromatic carbocycles. The van der Waals surface area contributed by atoms with E-state index in [1.807, 2.05) is 0 Å². The van der Waals surface area contributed by atoms with Crippen molar-refractivity contribution in [3.8, 4) is 0 Å². The fourth-order valence-corrected chi connectivity index (χ4v) is 3.18. The van der Waals surface area contributed by atoms with E-state index in [1.165, 1.54) is 89.9 Å². The van der Waals surface area contributed by atoms with Gasteiger partial charge < -0.3 is 17.0 Å². The van der Waals surface area contributed by atoms with Crippen LogP contribution in [0.4, 0.5) is 0 Å². The number of nitrogens with one attached hydrogen (secondary N) is 1. The first-order chi connectivity index (χ1) is 12.2. The number of carbonyl (C=O) groups is 1. The van der Waals surface area contributed by atoms with Crippen LogP contribution in [0.5, 0.6) is 0 Å². The normalized spacial score (nSPS) is 11.9. The van der Waals surface area contributed by atoms with Gasteiger partial charge in [-0.2, -0.15) is 0 Å². The minimum atomic E-state index is -0.973. The van der Waals surface area contributed by atoms with Crippen LogP contribution < -0.4 is 34.9 Å². The molecule has 0 aromatic heterocycles. The van der Waals surface area contributed by atoms with Crippen LogP contribution in [0.25, 0.3) is 0 Å². The molecule has 0 radical (unpaired) electrons. The molecule has 152 valence electrons. The van der Waals surface area contributed by atoms with E-state index in [1.54, 1.807) is 0 Å². The molecular weight excluding hydrogens is 337 g/mol. The van der Waals surface area contributed by atoms with Crippen molar-refractivity contribution in [1.82, 2.24) is 5.32 Å². The predicted molar refractivity (Wildman–Crippen MR) is 107 cm³/mol. The second kappa shape index (κ2) is 23.4. The molecule has 3 N–H and O–H groups in total. The Morgan fingerprint density at radius 2 is 1.12 bits per heavy atom. The second-order valence-electron chi connectivity index (χ2n) is 7.33. The molecule has 0 saturated carbocycles. The van der Waals surface area contributed by atoms with Crippen LogP contribution in [0.2, 0.25) is 0 Å². The summed E-state index contributed by atoms with van der Waals surface area (Å²) in [5, 5.41) is 20.5. The van der Waals surface area contributed by atoms with E-state index >= 15 is 0 Å². The van der Waals surface area contributed by atoms with Crippen molar-refractivity contribution in [3.05, 3.63) is 0 Å². The fraction of sp³-hybridized carbons (Fsp3) is 0.952. The molecular formula is C21H44NNaO3. The average Bonchev–Trinajstić information content (AvgIpc) is 2.60. The van der Waals surface area contributed by atoms with Crippen LogP contribution in [0, 0.1) is 0 Å². The molecule has 0 saturated heterocycles. The smallest absolute Gasteiger partial charge is 1.00 e. The van der Waals surface area contributed by atoms with E-state index < -0.39 is 12.0 Å². The summed E-state index contributed by atoms with van der Waals surface area (Å²) >= 11 is 0. The van der Waals surface area contributed by atoms with Gasteiger partial charge in [0.15, 0.2) is 0 Å². The Morgan fingerprint density at radius 1 is 0.769 bits per heavy atom. The van der Waals surface area contributed by atoms with E-state index in [0.717, 1.165) is 12.8 Å². The maximum absolute atomic E-state index is 10.7. The summed E-state index contributed by atoms with van der Waals surface area (Å²) in [6.45, 7) is 2.61. The first-order valence-electron chi connectivity index (χ1n) is 10.8. The van der Waals surface area contributed by atoms with Crippen molar-refractivity contribution in [2.75, 3.05) is 13.2 Å². The van der Waals surface area contributed by atoms with Gasteiger partial charge in [-0.15, -0.1) is 0 Å². The van der Waals surface area contributed by atoms with Crippen molar-refractivity contribution >= 4 is 5.97 Å². The first kappa shape index (κ1) is 28.6. The molecule has 0 unspecified atom stereocenters.